The summed E-state index contributed by atoms with van der Waals surface area (Å²) in [5.74, 6) is 1.95. The molecule has 0 fully saturated rings. The van der Waals surface area contributed by atoms with Crippen molar-refractivity contribution in [2.75, 3.05) is 25.2 Å². The second-order valence-corrected chi connectivity index (χ2v) is 4.60. The van der Waals surface area contributed by atoms with Gasteiger partial charge in [0.15, 0.2) is 6.61 Å². The standard InChI is InChI=1S/C13H18N2OS/c1-17-10-2-8-15-11-12-3-5-13(6-4-12)16-9-7-14/h3-6,15H,2,8-11H2,1H3. The van der Waals surface area contributed by atoms with Crippen molar-refractivity contribution < 1.29 is 4.74 Å². The Morgan fingerprint density at radius 1 is 1.35 bits per heavy atom. The molecule has 0 aromatic heterocycles. The van der Waals surface area contributed by atoms with E-state index in [-0.39, 0.29) is 6.61 Å². The smallest absolute Gasteiger partial charge is 0.174 e. The highest BCUT2D eigenvalue weighted by Crippen LogP contribution is 2.11. The highest BCUT2D eigenvalue weighted by atomic mass is 32.2. The Hall–Kier alpha value is -1.18. The molecule has 1 aromatic carbocycles. The lowest BCUT2D eigenvalue weighted by Gasteiger charge is -2.06. The molecule has 0 unspecified atom stereocenters. The van der Waals surface area contributed by atoms with E-state index < -0.39 is 0 Å². The van der Waals surface area contributed by atoms with Crippen LogP contribution in [0.25, 0.3) is 0 Å². The van der Waals surface area contributed by atoms with Crippen LogP contribution in [0.5, 0.6) is 5.75 Å². The number of rotatable bonds is 8. The van der Waals surface area contributed by atoms with E-state index >= 15 is 0 Å². The van der Waals surface area contributed by atoms with Crippen LogP contribution in [0, 0.1) is 11.3 Å². The van der Waals surface area contributed by atoms with Crippen molar-refractivity contribution in [2.24, 2.45) is 0 Å². The number of nitriles is 1. The van der Waals surface area contributed by atoms with Gasteiger partial charge in [-0.25, -0.2) is 0 Å². The maximum Gasteiger partial charge on any atom is 0.174 e. The van der Waals surface area contributed by atoms with Crippen LogP contribution in [-0.4, -0.2) is 25.2 Å². The highest BCUT2D eigenvalue weighted by molar-refractivity contribution is 7.98. The Balaban J connectivity index is 2.23. The van der Waals surface area contributed by atoms with Gasteiger partial charge in [0.25, 0.3) is 0 Å². The van der Waals surface area contributed by atoms with Gasteiger partial charge < -0.3 is 10.1 Å². The van der Waals surface area contributed by atoms with E-state index in [0.29, 0.717) is 0 Å². The Labute approximate surface area is 107 Å². The molecule has 92 valence electrons. The topological polar surface area (TPSA) is 45.0 Å². The summed E-state index contributed by atoms with van der Waals surface area (Å²) >= 11 is 1.87. The molecule has 0 heterocycles. The summed E-state index contributed by atoms with van der Waals surface area (Å²) in [5.41, 5.74) is 1.23. The summed E-state index contributed by atoms with van der Waals surface area (Å²) in [5, 5.41) is 11.8. The Morgan fingerprint density at radius 3 is 2.76 bits per heavy atom. The highest BCUT2D eigenvalue weighted by Gasteiger charge is 1.95. The van der Waals surface area contributed by atoms with E-state index in [2.05, 4.69) is 11.6 Å². The maximum atomic E-state index is 8.38. The van der Waals surface area contributed by atoms with Crippen LogP contribution in [0.2, 0.25) is 0 Å². The average molecular weight is 250 g/mol. The number of hydrogen-bond acceptors (Lipinski definition) is 4. The zero-order valence-electron chi connectivity index (χ0n) is 10.1. The molecule has 0 bridgehead atoms. The molecule has 0 saturated carbocycles. The number of benzene rings is 1. The summed E-state index contributed by atoms with van der Waals surface area (Å²) in [7, 11) is 0. The number of nitrogens with zero attached hydrogens (tertiary/aromatic N) is 1. The van der Waals surface area contributed by atoms with Gasteiger partial charge in [-0.15, -0.1) is 0 Å². The van der Waals surface area contributed by atoms with Crippen LogP contribution in [-0.2, 0) is 6.54 Å². The quantitative estimate of drug-likeness (QED) is 0.720. The molecular weight excluding hydrogens is 232 g/mol. The fraction of sp³-hybridized carbons (Fsp3) is 0.462. The van der Waals surface area contributed by atoms with E-state index in [1.54, 1.807) is 0 Å². The first kappa shape index (κ1) is 13.9. The summed E-state index contributed by atoms with van der Waals surface area (Å²) in [6, 6.07) is 9.79. The lowest BCUT2D eigenvalue weighted by atomic mass is 10.2. The van der Waals surface area contributed by atoms with E-state index in [0.717, 1.165) is 18.8 Å². The van der Waals surface area contributed by atoms with Gasteiger partial charge in [0.2, 0.25) is 0 Å². The summed E-state index contributed by atoms with van der Waals surface area (Å²) in [6.07, 6.45) is 3.32. The van der Waals surface area contributed by atoms with Crippen molar-refractivity contribution in [1.82, 2.24) is 5.32 Å². The van der Waals surface area contributed by atoms with Gasteiger partial charge in [-0.3, -0.25) is 0 Å². The van der Waals surface area contributed by atoms with Crippen molar-refractivity contribution >= 4 is 11.8 Å². The second kappa shape index (κ2) is 8.91. The van der Waals surface area contributed by atoms with E-state index in [1.807, 2.05) is 42.1 Å². The first-order chi connectivity index (χ1) is 8.36. The molecule has 1 rings (SSSR count). The molecule has 17 heavy (non-hydrogen) atoms. The molecule has 0 saturated heterocycles. The number of ether oxygens (including phenoxy) is 1. The van der Waals surface area contributed by atoms with Gasteiger partial charge in [0.1, 0.15) is 11.8 Å². The van der Waals surface area contributed by atoms with E-state index in [1.165, 1.54) is 17.7 Å². The molecule has 0 spiro atoms. The predicted octanol–water partition coefficient (Wildman–Crippen LogP) is 2.43. The minimum Gasteiger partial charge on any atom is -0.479 e. The molecule has 4 heteroatoms. The van der Waals surface area contributed by atoms with Crippen LogP contribution < -0.4 is 10.1 Å². The molecule has 0 aliphatic carbocycles. The van der Waals surface area contributed by atoms with Crippen LogP contribution in [0.3, 0.4) is 0 Å². The predicted molar refractivity (Wildman–Crippen MR) is 72.3 cm³/mol. The van der Waals surface area contributed by atoms with Gasteiger partial charge >= 0.3 is 0 Å². The molecule has 0 aliphatic heterocycles. The molecule has 0 aliphatic rings. The van der Waals surface area contributed by atoms with Crippen molar-refractivity contribution in [3.8, 4) is 11.8 Å². The van der Waals surface area contributed by atoms with Crippen LogP contribution in [0.1, 0.15) is 12.0 Å². The van der Waals surface area contributed by atoms with Crippen molar-refractivity contribution in [2.45, 2.75) is 13.0 Å². The first-order valence-electron chi connectivity index (χ1n) is 5.65. The second-order valence-electron chi connectivity index (χ2n) is 3.61. The molecule has 0 amide bonds. The third-order valence-corrected chi connectivity index (χ3v) is 2.95. The lowest BCUT2D eigenvalue weighted by molar-refractivity contribution is 0.368. The monoisotopic (exact) mass is 250 g/mol. The first-order valence-corrected chi connectivity index (χ1v) is 7.04. The number of hydrogen-bond donors (Lipinski definition) is 1. The zero-order chi connectivity index (χ0) is 12.3. The molecule has 3 nitrogen and oxygen atoms in total. The Kier molecular flexibility index (Phi) is 7.28. The van der Waals surface area contributed by atoms with Gasteiger partial charge in [-0.1, -0.05) is 12.1 Å². The normalized spacial score (nSPS) is 9.88. The Bertz CT molecular complexity index is 345. The minimum atomic E-state index is 0.103. The van der Waals surface area contributed by atoms with Crippen molar-refractivity contribution in [3.05, 3.63) is 29.8 Å². The van der Waals surface area contributed by atoms with Crippen molar-refractivity contribution in [1.29, 1.82) is 5.26 Å². The van der Waals surface area contributed by atoms with E-state index in [9.17, 15) is 0 Å². The van der Waals surface area contributed by atoms with Gasteiger partial charge in [-0.2, -0.15) is 17.0 Å². The third kappa shape index (κ3) is 6.20. The minimum absolute atomic E-state index is 0.103. The van der Waals surface area contributed by atoms with Crippen molar-refractivity contribution in [3.63, 3.8) is 0 Å². The largest absolute Gasteiger partial charge is 0.479 e. The van der Waals surface area contributed by atoms with Gasteiger partial charge in [0, 0.05) is 6.54 Å². The SMILES string of the molecule is CSCCCNCc1ccc(OCC#N)cc1. The van der Waals surface area contributed by atoms with Gasteiger partial charge in [0.05, 0.1) is 0 Å². The average Bonchev–Trinajstić information content (AvgIpc) is 2.37. The molecule has 0 radical (unpaired) electrons. The number of thioether (sulfide) groups is 1. The van der Waals surface area contributed by atoms with Crippen LogP contribution >= 0.6 is 11.8 Å². The molecule has 1 aromatic rings. The van der Waals surface area contributed by atoms with Crippen LogP contribution in [0.4, 0.5) is 0 Å². The fourth-order valence-electron chi connectivity index (χ4n) is 1.39. The molecule has 1 N–H and O–H groups in total. The van der Waals surface area contributed by atoms with Crippen LogP contribution in [0.15, 0.2) is 24.3 Å². The number of nitrogens with one attached hydrogen (secondary N) is 1. The lowest BCUT2D eigenvalue weighted by Crippen LogP contribution is -2.15. The maximum absolute atomic E-state index is 8.38. The Morgan fingerprint density at radius 2 is 2.12 bits per heavy atom. The summed E-state index contributed by atoms with van der Waals surface area (Å²) < 4.78 is 5.18. The fourth-order valence-corrected chi connectivity index (χ4v) is 1.83. The third-order valence-electron chi connectivity index (χ3n) is 2.26. The summed E-state index contributed by atoms with van der Waals surface area (Å²) in [4.78, 5) is 0. The van der Waals surface area contributed by atoms with Gasteiger partial charge in [-0.05, 0) is 42.7 Å². The summed E-state index contributed by atoms with van der Waals surface area (Å²) in [6.45, 7) is 2.03. The van der Waals surface area contributed by atoms with E-state index in [4.69, 9.17) is 10.00 Å². The zero-order valence-corrected chi connectivity index (χ0v) is 10.9. The molecule has 0 atom stereocenters. The molecular formula is C13H18N2OS.